The fourth-order valence-corrected chi connectivity index (χ4v) is 2.93. The van der Waals surface area contributed by atoms with E-state index in [-0.39, 0.29) is 5.91 Å². The molecule has 1 aliphatic rings. The number of aromatic nitrogens is 2. The Balaban J connectivity index is 1.60. The van der Waals surface area contributed by atoms with E-state index in [1.807, 2.05) is 30.3 Å². The third-order valence-corrected chi connectivity index (χ3v) is 4.65. The standard InChI is InChI=1S/C19H25N5O/c1-3-15-5-7-16(8-6-15)20-19(25)17-9-10-18(22-21-17)24-13-11-23(4-2)12-14-24/h5-10H,3-4,11-14H2,1-2H3,(H,20,25). The molecule has 0 bridgehead atoms. The van der Waals surface area contributed by atoms with Crippen LogP contribution in [0.15, 0.2) is 36.4 Å². The highest BCUT2D eigenvalue weighted by atomic mass is 16.1. The maximum atomic E-state index is 12.3. The van der Waals surface area contributed by atoms with Crippen molar-refractivity contribution in [1.29, 1.82) is 0 Å². The Bertz CT molecular complexity index is 691. The van der Waals surface area contributed by atoms with Crippen LogP contribution in [0.1, 0.15) is 29.9 Å². The van der Waals surface area contributed by atoms with E-state index in [0.717, 1.165) is 50.6 Å². The van der Waals surface area contributed by atoms with Gasteiger partial charge in [-0.3, -0.25) is 4.79 Å². The van der Waals surface area contributed by atoms with E-state index in [2.05, 4.69) is 39.2 Å². The number of nitrogens with one attached hydrogen (secondary N) is 1. The van der Waals surface area contributed by atoms with Crippen molar-refractivity contribution in [3.05, 3.63) is 47.7 Å². The van der Waals surface area contributed by atoms with Crippen molar-refractivity contribution >= 4 is 17.4 Å². The molecule has 2 aromatic rings. The zero-order valence-electron chi connectivity index (χ0n) is 14.9. The molecule has 1 aromatic heterocycles. The van der Waals surface area contributed by atoms with Crippen molar-refractivity contribution in [2.45, 2.75) is 20.3 Å². The molecule has 0 saturated carbocycles. The van der Waals surface area contributed by atoms with Gasteiger partial charge in [0.1, 0.15) is 0 Å². The van der Waals surface area contributed by atoms with Crippen LogP contribution in [0.3, 0.4) is 0 Å². The Morgan fingerprint density at radius 2 is 1.72 bits per heavy atom. The Morgan fingerprint density at radius 1 is 1.00 bits per heavy atom. The summed E-state index contributed by atoms with van der Waals surface area (Å²) in [5.74, 6) is 0.596. The summed E-state index contributed by atoms with van der Waals surface area (Å²) in [6.45, 7) is 9.32. The quantitative estimate of drug-likeness (QED) is 0.906. The average Bonchev–Trinajstić information content (AvgIpc) is 2.69. The molecule has 0 radical (unpaired) electrons. The van der Waals surface area contributed by atoms with E-state index < -0.39 is 0 Å². The SMILES string of the molecule is CCc1ccc(NC(=O)c2ccc(N3CCN(CC)CC3)nn2)cc1. The van der Waals surface area contributed by atoms with Crippen LogP contribution in [0.2, 0.25) is 0 Å². The van der Waals surface area contributed by atoms with Gasteiger partial charge in [-0.25, -0.2) is 0 Å². The number of rotatable bonds is 5. The molecular formula is C19H25N5O. The first kappa shape index (κ1) is 17.4. The van der Waals surface area contributed by atoms with E-state index in [1.165, 1.54) is 5.56 Å². The van der Waals surface area contributed by atoms with Gasteiger partial charge in [-0.05, 0) is 42.8 Å². The molecule has 0 aliphatic carbocycles. The maximum absolute atomic E-state index is 12.3. The molecule has 132 valence electrons. The number of hydrogen-bond acceptors (Lipinski definition) is 5. The lowest BCUT2D eigenvalue weighted by atomic mass is 10.1. The van der Waals surface area contributed by atoms with Crippen molar-refractivity contribution < 1.29 is 4.79 Å². The van der Waals surface area contributed by atoms with E-state index in [9.17, 15) is 4.79 Å². The number of piperazine rings is 1. The number of nitrogens with zero attached hydrogens (tertiary/aromatic N) is 4. The molecule has 0 atom stereocenters. The molecule has 1 aliphatic heterocycles. The third-order valence-electron chi connectivity index (χ3n) is 4.65. The van der Waals surface area contributed by atoms with Crippen LogP contribution in [-0.4, -0.2) is 53.7 Å². The van der Waals surface area contributed by atoms with Crippen molar-refractivity contribution in [2.75, 3.05) is 42.9 Å². The summed E-state index contributed by atoms with van der Waals surface area (Å²) in [5.41, 5.74) is 2.34. The molecule has 25 heavy (non-hydrogen) atoms. The molecular weight excluding hydrogens is 314 g/mol. The van der Waals surface area contributed by atoms with Gasteiger partial charge in [0.25, 0.3) is 5.91 Å². The lowest BCUT2D eigenvalue weighted by molar-refractivity contribution is 0.102. The topological polar surface area (TPSA) is 61.4 Å². The molecule has 1 amide bonds. The van der Waals surface area contributed by atoms with Crippen LogP contribution in [0.25, 0.3) is 0 Å². The van der Waals surface area contributed by atoms with E-state index in [1.54, 1.807) is 6.07 Å². The summed E-state index contributed by atoms with van der Waals surface area (Å²) in [6, 6.07) is 11.5. The lowest BCUT2D eigenvalue weighted by Gasteiger charge is -2.34. The number of carbonyl (C=O) groups excluding carboxylic acids is 1. The van der Waals surface area contributed by atoms with Crippen molar-refractivity contribution in [3.63, 3.8) is 0 Å². The largest absolute Gasteiger partial charge is 0.353 e. The van der Waals surface area contributed by atoms with Crippen molar-refractivity contribution in [1.82, 2.24) is 15.1 Å². The molecule has 1 fully saturated rings. The smallest absolute Gasteiger partial charge is 0.276 e. The fraction of sp³-hybridized carbons (Fsp3) is 0.421. The summed E-state index contributed by atoms with van der Waals surface area (Å²) < 4.78 is 0. The van der Waals surface area contributed by atoms with Gasteiger partial charge in [-0.15, -0.1) is 10.2 Å². The molecule has 2 heterocycles. The summed E-state index contributed by atoms with van der Waals surface area (Å²) >= 11 is 0. The average molecular weight is 339 g/mol. The number of likely N-dealkylation sites (N-methyl/N-ethyl adjacent to an activating group) is 1. The minimum atomic E-state index is -0.237. The van der Waals surface area contributed by atoms with Crippen LogP contribution in [0.5, 0.6) is 0 Å². The number of anilines is 2. The highest BCUT2D eigenvalue weighted by molar-refractivity contribution is 6.02. The second-order valence-electron chi connectivity index (χ2n) is 6.20. The summed E-state index contributed by atoms with van der Waals surface area (Å²) in [4.78, 5) is 16.9. The zero-order valence-corrected chi connectivity index (χ0v) is 14.9. The number of carbonyl (C=O) groups is 1. The third kappa shape index (κ3) is 4.33. The highest BCUT2D eigenvalue weighted by Gasteiger charge is 2.17. The molecule has 1 aromatic carbocycles. The fourth-order valence-electron chi connectivity index (χ4n) is 2.93. The van der Waals surface area contributed by atoms with Gasteiger partial charge in [0.2, 0.25) is 0 Å². The van der Waals surface area contributed by atoms with Crippen LogP contribution >= 0.6 is 0 Å². The predicted molar refractivity (Wildman–Crippen MR) is 100 cm³/mol. The van der Waals surface area contributed by atoms with E-state index in [0.29, 0.717) is 5.69 Å². The monoisotopic (exact) mass is 339 g/mol. The predicted octanol–water partition coefficient (Wildman–Crippen LogP) is 2.43. The molecule has 0 unspecified atom stereocenters. The molecule has 1 saturated heterocycles. The van der Waals surface area contributed by atoms with Crippen LogP contribution in [-0.2, 0) is 6.42 Å². The van der Waals surface area contributed by atoms with Crippen LogP contribution < -0.4 is 10.2 Å². The highest BCUT2D eigenvalue weighted by Crippen LogP contribution is 2.14. The first-order valence-electron chi connectivity index (χ1n) is 8.91. The lowest BCUT2D eigenvalue weighted by Crippen LogP contribution is -2.46. The van der Waals surface area contributed by atoms with Crippen LogP contribution in [0.4, 0.5) is 11.5 Å². The van der Waals surface area contributed by atoms with E-state index in [4.69, 9.17) is 0 Å². The minimum absolute atomic E-state index is 0.237. The number of aryl methyl sites for hydroxylation is 1. The van der Waals surface area contributed by atoms with E-state index >= 15 is 0 Å². The number of benzene rings is 1. The second kappa shape index (κ2) is 8.07. The van der Waals surface area contributed by atoms with Gasteiger partial charge in [0, 0.05) is 31.9 Å². The van der Waals surface area contributed by atoms with Crippen molar-refractivity contribution in [3.8, 4) is 0 Å². The molecule has 3 rings (SSSR count). The number of hydrogen-bond donors (Lipinski definition) is 1. The van der Waals surface area contributed by atoms with Gasteiger partial charge in [0.15, 0.2) is 11.5 Å². The van der Waals surface area contributed by atoms with Gasteiger partial charge in [0.05, 0.1) is 0 Å². The summed E-state index contributed by atoms with van der Waals surface area (Å²) in [7, 11) is 0. The number of amides is 1. The minimum Gasteiger partial charge on any atom is -0.353 e. The second-order valence-corrected chi connectivity index (χ2v) is 6.20. The first-order chi connectivity index (χ1) is 12.2. The van der Waals surface area contributed by atoms with Gasteiger partial charge < -0.3 is 15.1 Å². The molecule has 1 N–H and O–H groups in total. The summed E-state index contributed by atoms with van der Waals surface area (Å²) in [6.07, 6.45) is 0.980. The Morgan fingerprint density at radius 3 is 2.28 bits per heavy atom. The van der Waals surface area contributed by atoms with Gasteiger partial charge in [-0.1, -0.05) is 26.0 Å². The first-order valence-corrected chi connectivity index (χ1v) is 8.91. The van der Waals surface area contributed by atoms with Crippen LogP contribution in [0, 0.1) is 0 Å². The normalized spacial score (nSPS) is 15.2. The zero-order chi connectivity index (χ0) is 17.6. The van der Waals surface area contributed by atoms with Gasteiger partial charge >= 0.3 is 0 Å². The molecule has 6 heteroatoms. The molecule has 6 nitrogen and oxygen atoms in total. The Kier molecular flexibility index (Phi) is 5.60. The molecule has 0 spiro atoms. The van der Waals surface area contributed by atoms with Gasteiger partial charge in [-0.2, -0.15) is 0 Å². The summed E-state index contributed by atoms with van der Waals surface area (Å²) in [5, 5.41) is 11.2. The Hall–Kier alpha value is -2.47. The Labute approximate surface area is 148 Å². The van der Waals surface area contributed by atoms with Crippen molar-refractivity contribution in [2.24, 2.45) is 0 Å². The maximum Gasteiger partial charge on any atom is 0.276 e.